The third-order valence-corrected chi connectivity index (χ3v) is 3.69. The Morgan fingerprint density at radius 1 is 0.882 bits per heavy atom. The molecule has 2 aromatic carbocycles. The fourth-order valence-corrected chi connectivity index (χ4v) is 2.25. The first-order valence-corrected chi connectivity index (χ1v) is 5.99. The second-order valence-electron chi connectivity index (χ2n) is 4.17. The maximum Gasteiger partial charge on any atom is 0.115 e. The number of halogens is 1. The molecule has 0 aliphatic carbocycles. The van der Waals surface area contributed by atoms with Crippen LogP contribution in [-0.2, 0) is 4.87 Å². The van der Waals surface area contributed by atoms with Gasteiger partial charge < -0.3 is 0 Å². The van der Waals surface area contributed by atoms with E-state index in [1.54, 1.807) is 0 Å². The molecule has 0 fully saturated rings. The molecule has 0 unspecified atom stereocenters. The van der Waals surface area contributed by atoms with Crippen molar-refractivity contribution in [1.82, 2.24) is 0 Å². The molecule has 2 aromatic rings. The van der Waals surface area contributed by atoms with Crippen LogP contribution < -0.4 is 0 Å². The Morgan fingerprint density at radius 2 is 1.24 bits per heavy atom. The molecule has 0 N–H and O–H groups in total. The molecule has 0 saturated heterocycles. The van der Waals surface area contributed by atoms with Gasteiger partial charge in [0.1, 0.15) is 4.87 Å². The average Bonchev–Trinajstić information content (AvgIpc) is 2.39. The number of alkyl halides is 1. The number of benzene rings is 2. The molecule has 17 heavy (non-hydrogen) atoms. The predicted octanol–water partition coefficient (Wildman–Crippen LogP) is 4.75. The van der Waals surface area contributed by atoms with Gasteiger partial charge in [-0.15, -0.1) is 11.6 Å². The standard InChI is InChI=1S/C16H15Cl/c1-13(2)16(17,14-9-5-3-6-10-14)15-11-7-4-8-12-15/h3-12H,1H2,2H3. The lowest BCUT2D eigenvalue weighted by molar-refractivity contribution is 0.857. The highest BCUT2D eigenvalue weighted by Gasteiger charge is 2.32. The lowest BCUT2D eigenvalue weighted by atomic mass is 9.85. The fourth-order valence-electron chi connectivity index (χ4n) is 2.00. The van der Waals surface area contributed by atoms with Crippen LogP contribution in [0.2, 0.25) is 0 Å². The second kappa shape index (κ2) is 4.77. The van der Waals surface area contributed by atoms with E-state index in [2.05, 4.69) is 6.58 Å². The minimum Gasteiger partial charge on any atom is -0.104 e. The van der Waals surface area contributed by atoms with Gasteiger partial charge in [-0.25, -0.2) is 0 Å². The van der Waals surface area contributed by atoms with Crippen LogP contribution in [0.25, 0.3) is 0 Å². The summed E-state index contributed by atoms with van der Waals surface area (Å²) in [7, 11) is 0. The third-order valence-electron chi connectivity index (χ3n) is 2.93. The summed E-state index contributed by atoms with van der Waals surface area (Å²) in [5.41, 5.74) is 3.04. The molecule has 0 radical (unpaired) electrons. The molecule has 0 bridgehead atoms. The first kappa shape index (κ1) is 11.9. The minimum absolute atomic E-state index is 0.636. The monoisotopic (exact) mass is 242 g/mol. The molecule has 0 heterocycles. The second-order valence-corrected chi connectivity index (χ2v) is 4.74. The Labute approximate surface area is 108 Å². The molecule has 0 aliphatic heterocycles. The molecule has 0 spiro atoms. The molecule has 86 valence electrons. The quantitative estimate of drug-likeness (QED) is 0.539. The minimum atomic E-state index is -0.636. The Hall–Kier alpha value is -1.53. The van der Waals surface area contributed by atoms with Crippen LogP contribution in [0.4, 0.5) is 0 Å². The molecule has 0 saturated carbocycles. The maximum absolute atomic E-state index is 6.83. The molecule has 2 rings (SSSR count). The summed E-state index contributed by atoms with van der Waals surface area (Å²) in [4.78, 5) is -0.636. The van der Waals surface area contributed by atoms with E-state index in [9.17, 15) is 0 Å². The SMILES string of the molecule is C=C(C)C(Cl)(c1ccccc1)c1ccccc1. The van der Waals surface area contributed by atoms with Crippen molar-refractivity contribution in [2.75, 3.05) is 0 Å². The first-order valence-electron chi connectivity index (χ1n) is 5.61. The molecule has 0 atom stereocenters. The van der Waals surface area contributed by atoms with E-state index < -0.39 is 4.87 Å². The molecule has 0 aromatic heterocycles. The molecular weight excluding hydrogens is 228 g/mol. The van der Waals surface area contributed by atoms with Crippen LogP contribution in [0.15, 0.2) is 72.8 Å². The van der Waals surface area contributed by atoms with Crippen LogP contribution in [-0.4, -0.2) is 0 Å². The first-order chi connectivity index (χ1) is 8.15. The summed E-state index contributed by atoms with van der Waals surface area (Å²) < 4.78 is 0. The molecule has 0 amide bonds. The Balaban J connectivity index is 2.59. The van der Waals surface area contributed by atoms with Gasteiger partial charge in [0.15, 0.2) is 0 Å². The molecule has 0 aliphatic rings. The highest BCUT2D eigenvalue weighted by Crippen LogP contribution is 2.41. The van der Waals surface area contributed by atoms with E-state index in [1.165, 1.54) is 0 Å². The summed E-state index contributed by atoms with van der Waals surface area (Å²) in [5.74, 6) is 0. The predicted molar refractivity (Wildman–Crippen MR) is 74.3 cm³/mol. The largest absolute Gasteiger partial charge is 0.115 e. The summed E-state index contributed by atoms with van der Waals surface area (Å²) in [5, 5.41) is 0. The lowest BCUT2D eigenvalue weighted by Gasteiger charge is -2.29. The van der Waals surface area contributed by atoms with E-state index >= 15 is 0 Å². The van der Waals surface area contributed by atoms with Crippen molar-refractivity contribution in [2.45, 2.75) is 11.8 Å². The topological polar surface area (TPSA) is 0 Å². The summed E-state index contributed by atoms with van der Waals surface area (Å²) in [6.45, 7) is 6.01. The summed E-state index contributed by atoms with van der Waals surface area (Å²) >= 11 is 6.83. The van der Waals surface area contributed by atoms with Crippen LogP contribution in [0.5, 0.6) is 0 Å². The van der Waals surface area contributed by atoms with Crippen LogP contribution in [0, 0.1) is 0 Å². The van der Waals surface area contributed by atoms with Gasteiger partial charge in [-0.3, -0.25) is 0 Å². The maximum atomic E-state index is 6.83. The lowest BCUT2D eigenvalue weighted by Crippen LogP contribution is -2.21. The third kappa shape index (κ3) is 2.13. The number of allylic oxidation sites excluding steroid dienone is 1. The van der Waals surface area contributed by atoms with Gasteiger partial charge in [-0.05, 0) is 18.1 Å². The number of hydrogen-bond acceptors (Lipinski definition) is 0. The van der Waals surface area contributed by atoms with Gasteiger partial charge in [0.05, 0.1) is 0 Å². The average molecular weight is 243 g/mol. The Morgan fingerprint density at radius 3 is 1.53 bits per heavy atom. The van der Waals surface area contributed by atoms with E-state index in [0.717, 1.165) is 16.7 Å². The zero-order chi connectivity index (χ0) is 12.3. The van der Waals surface area contributed by atoms with Crippen molar-refractivity contribution in [3.63, 3.8) is 0 Å². The highest BCUT2D eigenvalue weighted by molar-refractivity contribution is 6.28. The highest BCUT2D eigenvalue weighted by atomic mass is 35.5. The normalized spacial score (nSPS) is 11.2. The van der Waals surface area contributed by atoms with Gasteiger partial charge in [-0.2, -0.15) is 0 Å². The van der Waals surface area contributed by atoms with Crippen molar-refractivity contribution < 1.29 is 0 Å². The van der Waals surface area contributed by atoms with Gasteiger partial charge in [0, 0.05) is 0 Å². The van der Waals surface area contributed by atoms with Crippen LogP contribution >= 0.6 is 11.6 Å². The van der Waals surface area contributed by atoms with Crippen molar-refractivity contribution >= 4 is 11.6 Å². The Bertz CT molecular complexity index is 460. The summed E-state index contributed by atoms with van der Waals surface area (Å²) in [6.07, 6.45) is 0. The van der Waals surface area contributed by atoms with E-state index in [1.807, 2.05) is 67.6 Å². The van der Waals surface area contributed by atoms with Crippen molar-refractivity contribution in [1.29, 1.82) is 0 Å². The van der Waals surface area contributed by atoms with E-state index in [-0.39, 0.29) is 0 Å². The fraction of sp³-hybridized carbons (Fsp3) is 0.125. The molecular formula is C16H15Cl. The van der Waals surface area contributed by atoms with Crippen LogP contribution in [0.3, 0.4) is 0 Å². The smallest absolute Gasteiger partial charge is 0.104 e. The number of hydrogen-bond donors (Lipinski definition) is 0. The zero-order valence-corrected chi connectivity index (χ0v) is 10.6. The van der Waals surface area contributed by atoms with E-state index in [4.69, 9.17) is 11.6 Å². The van der Waals surface area contributed by atoms with Crippen LogP contribution in [0.1, 0.15) is 18.1 Å². The Kier molecular flexibility index (Phi) is 3.35. The molecule has 1 heteroatoms. The summed E-state index contributed by atoms with van der Waals surface area (Å²) in [6, 6.07) is 20.1. The number of rotatable bonds is 3. The van der Waals surface area contributed by atoms with Crippen molar-refractivity contribution in [2.24, 2.45) is 0 Å². The molecule has 0 nitrogen and oxygen atoms in total. The van der Waals surface area contributed by atoms with Gasteiger partial charge in [-0.1, -0.05) is 72.8 Å². The van der Waals surface area contributed by atoms with Gasteiger partial charge in [0.25, 0.3) is 0 Å². The van der Waals surface area contributed by atoms with Gasteiger partial charge in [0.2, 0.25) is 0 Å². The van der Waals surface area contributed by atoms with Crippen molar-refractivity contribution in [3.8, 4) is 0 Å². The zero-order valence-electron chi connectivity index (χ0n) is 9.86. The van der Waals surface area contributed by atoms with Gasteiger partial charge >= 0.3 is 0 Å². The van der Waals surface area contributed by atoms with E-state index in [0.29, 0.717) is 0 Å². The van der Waals surface area contributed by atoms with Crippen molar-refractivity contribution in [3.05, 3.63) is 83.9 Å².